The summed E-state index contributed by atoms with van der Waals surface area (Å²) in [5, 5.41) is 15.3. The van der Waals surface area contributed by atoms with Crippen molar-refractivity contribution in [1.82, 2.24) is 30.1 Å². The molecule has 9 nitrogen and oxygen atoms in total. The summed E-state index contributed by atoms with van der Waals surface area (Å²) in [6.45, 7) is 3.35. The molecular weight excluding hydrogens is 521 g/mol. The molecule has 3 heterocycles. The number of aromatic nitrogens is 3. The monoisotopic (exact) mass is 551 g/mol. The van der Waals surface area contributed by atoms with Crippen molar-refractivity contribution in [2.24, 2.45) is 4.99 Å². The van der Waals surface area contributed by atoms with Crippen molar-refractivity contribution < 1.29 is 9.47 Å². The fraction of sp³-hybridized carbons (Fsp3) is 0.409. The van der Waals surface area contributed by atoms with Crippen LogP contribution in [0.4, 0.5) is 0 Å². The maximum atomic E-state index is 5.39. The Balaban J connectivity index is 0.00000289. The summed E-state index contributed by atoms with van der Waals surface area (Å²) in [6.07, 6.45) is 3.01. The fourth-order valence-corrected chi connectivity index (χ4v) is 3.87. The number of fused-ring (bicyclic) bond motifs is 1. The van der Waals surface area contributed by atoms with E-state index in [9.17, 15) is 0 Å². The summed E-state index contributed by atoms with van der Waals surface area (Å²) in [5.74, 6) is 3.24. The molecule has 10 heteroatoms. The summed E-state index contributed by atoms with van der Waals surface area (Å²) in [7, 11) is 5.14. The van der Waals surface area contributed by atoms with Gasteiger partial charge >= 0.3 is 0 Å². The van der Waals surface area contributed by atoms with Crippen LogP contribution in [-0.4, -0.2) is 65.9 Å². The SMILES string of the molecule is CN=C(NCc1nnc2ccccn12)NC1CCN(Cc2cc(OC)cc(OC)c2)C1.I. The van der Waals surface area contributed by atoms with E-state index in [4.69, 9.17) is 9.47 Å². The number of hydrogen-bond acceptors (Lipinski definition) is 6. The van der Waals surface area contributed by atoms with Gasteiger partial charge in [-0.15, -0.1) is 34.2 Å². The molecule has 1 fully saturated rings. The third-order valence-corrected chi connectivity index (χ3v) is 5.45. The van der Waals surface area contributed by atoms with Gasteiger partial charge in [-0.25, -0.2) is 0 Å². The van der Waals surface area contributed by atoms with Gasteiger partial charge in [0, 0.05) is 45.0 Å². The average Bonchev–Trinajstić information content (AvgIpc) is 3.42. The first kappa shape index (κ1) is 24.1. The van der Waals surface area contributed by atoms with Crippen LogP contribution in [0.3, 0.4) is 0 Å². The maximum Gasteiger partial charge on any atom is 0.191 e. The van der Waals surface area contributed by atoms with Crippen molar-refractivity contribution in [2.45, 2.75) is 25.6 Å². The van der Waals surface area contributed by atoms with E-state index in [0.717, 1.165) is 55.0 Å². The molecule has 1 unspecified atom stereocenters. The van der Waals surface area contributed by atoms with Gasteiger partial charge in [0.1, 0.15) is 11.5 Å². The van der Waals surface area contributed by atoms with Gasteiger partial charge in [-0.3, -0.25) is 14.3 Å². The number of nitrogens with zero attached hydrogens (tertiary/aromatic N) is 5. The standard InChI is InChI=1S/C22H29N7O2.HI/c1-23-22(24-13-21-27-26-20-6-4-5-8-29(20)21)25-17-7-9-28(15-17)14-16-10-18(30-2)12-19(11-16)31-3;/h4-6,8,10-12,17H,7,9,13-15H2,1-3H3,(H2,23,24,25);1H. The molecule has 1 aliphatic heterocycles. The number of rotatable bonds is 7. The van der Waals surface area contributed by atoms with Crippen LogP contribution in [0, 0.1) is 0 Å². The zero-order chi connectivity index (χ0) is 21.6. The molecule has 0 aliphatic carbocycles. The molecule has 1 aromatic carbocycles. The highest BCUT2D eigenvalue weighted by molar-refractivity contribution is 14.0. The van der Waals surface area contributed by atoms with Crippen molar-refractivity contribution in [1.29, 1.82) is 0 Å². The largest absolute Gasteiger partial charge is 0.497 e. The van der Waals surface area contributed by atoms with Crippen molar-refractivity contribution in [3.05, 3.63) is 54.0 Å². The zero-order valence-electron chi connectivity index (χ0n) is 18.6. The lowest BCUT2D eigenvalue weighted by Crippen LogP contribution is -2.44. The number of methoxy groups -OCH3 is 2. The van der Waals surface area contributed by atoms with Crippen LogP contribution in [0.15, 0.2) is 47.6 Å². The predicted octanol–water partition coefficient (Wildman–Crippen LogP) is 2.30. The Morgan fingerprint density at radius 2 is 1.94 bits per heavy atom. The molecule has 0 saturated carbocycles. The normalized spacial score (nSPS) is 16.6. The molecule has 0 spiro atoms. The van der Waals surface area contributed by atoms with Crippen molar-refractivity contribution >= 4 is 35.6 Å². The number of ether oxygens (including phenoxy) is 2. The molecular formula is C22H30IN7O2. The molecule has 2 aromatic heterocycles. The number of likely N-dealkylation sites (tertiary alicyclic amines) is 1. The Hall–Kier alpha value is -2.60. The van der Waals surface area contributed by atoms with Gasteiger partial charge in [-0.1, -0.05) is 6.07 Å². The first-order valence-electron chi connectivity index (χ1n) is 10.4. The Bertz CT molecular complexity index is 1030. The predicted molar refractivity (Wildman–Crippen MR) is 135 cm³/mol. The molecule has 172 valence electrons. The number of hydrogen-bond donors (Lipinski definition) is 2. The van der Waals surface area contributed by atoms with Crippen LogP contribution < -0.4 is 20.1 Å². The summed E-state index contributed by atoms with van der Waals surface area (Å²) in [6, 6.07) is 12.2. The number of benzene rings is 1. The number of guanidine groups is 1. The Morgan fingerprint density at radius 3 is 2.66 bits per heavy atom. The Labute approximate surface area is 205 Å². The number of pyridine rings is 1. The quantitative estimate of drug-likeness (QED) is 0.265. The summed E-state index contributed by atoms with van der Waals surface area (Å²) < 4.78 is 12.7. The lowest BCUT2D eigenvalue weighted by Gasteiger charge is -2.19. The van der Waals surface area contributed by atoms with Gasteiger partial charge in [0.05, 0.1) is 20.8 Å². The Morgan fingerprint density at radius 1 is 1.16 bits per heavy atom. The second-order valence-electron chi connectivity index (χ2n) is 7.56. The second kappa shape index (κ2) is 11.3. The lowest BCUT2D eigenvalue weighted by molar-refractivity contribution is 0.321. The lowest BCUT2D eigenvalue weighted by atomic mass is 10.2. The van der Waals surface area contributed by atoms with Crippen LogP contribution in [0.1, 0.15) is 17.8 Å². The van der Waals surface area contributed by atoms with E-state index in [1.54, 1.807) is 21.3 Å². The first-order chi connectivity index (χ1) is 15.2. The summed E-state index contributed by atoms with van der Waals surface area (Å²) >= 11 is 0. The molecule has 0 amide bonds. The smallest absolute Gasteiger partial charge is 0.191 e. The molecule has 0 radical (unpaired) electrons. The molecule has 1 atom stereocenters. The maximum absolute atomic E-state index is 5.39. The number of halogens is 1. The van der Waals surface area contributed by atoms with E-state index in [-0.39, 0.29) is 24.0 Å². The van der Waals surface area contributed by atoms with Crippen LogP contribution in [0.25, 0.3) is 5.65 Å². The van der Waals surface area contributed by atoms with Gasteiger partial charge in [-0.2, -0.15) is 0 Å². The molecule has 4 rings (SSSR count). The van der Waals surface area contributed by atoms with Crippen molar-refractivity contribution in [2.75, 3.05) is 34.4 Å². The van der Waals surface area contributed by atoms with Crippen LogP contribution >= 0.6 is 24.0 Å². The second-order valence-corrected chi connectivity index (χ2v) is 7.56. The molecule has 1 saturated heterocycles. The topological polar surface area (TPSA) is 88.3 Å². The minimum atomic E-state index is 0. The van der Waals surface area contributed by atoms with Gasteiger partial charge < -0.3 is 20.1 Å². The zero-order valence-corrected chi connectivity index (χ0v) is 20.9. The fourth-order valence-electron chi connectivity index (χ4n) is 3.87. The molecule has 2 N–H and O–H groups in total. The minimum Gasteiger partial charge on any atom is -0.497 e. The van der Waals surface area contributed by atoms with Gasteiger partial charge in [0.2, 0.25) is 0 Å². The van der Waals surface area contributed by atoms with E-state index < -0.39 is 0 Å². The van der Waals surface area contributed by atoms with Gasteiger partial charge in [-0.05, 0) is 36.2 Å². The van der Waals surface area contributed by atoms with Crippen LogP contribution in [0.5, 0.6) is 11.5 Å². The van der Waals surface area contributed by atoms with Gasteiger partial charge in [0.25, 0.3) is 0 Å². The highest BCUT2D eigenvalue weighted by Crippen LogP contribution is 2.24. The van der Waals surface area contributed by atoms with Gasteiger partial charge in [0.15, 0.2) is 17.4 Å². The van der Waals surface area contributed by atoms with E-state index in [0.29, 0.717) is 12.6 Å². The first-order valence-corrected chi connectivity index (χ1v) is 10.4. The summed E-state index contributed by atoms with van der Waals surface area (Å²) in [4.78, 5) is 6.79. The highest BCUT2D eigenvalue weighted by atomic mass is 127. The summed E-state index contributed by atoms with van der Waals surface area (Å²) in [5.41, 5.74) is 2.01. The van der Waals surface area contributed by atoms with Crippen molar-refractivity contribution in [3.63, 3.8) is 0 Å². The number of aliphatic imine (C=N–C) groups is 1. The highest BCUT2D eigenvalue weighted by Gasteiger charge is 2.23. The van der Waals surface area contributed by atoms with E-state index in [1.807, 2.05) is 34.9 Å². The van der Waals surface area contributed by atoms with Crippen LogP contribution in [-0.2, 0) is 13.1 Å². The minimum absolute atomic E-state index is 0. The van der Waals surface area contributed by atoms with E-state index in [1.165, 1.54) is 5.56 Å². The number of nitrogens with one attached hydrogen (secondary N) is 2. The van der Waals surface area contributed by atoms with Crippen molar-refractivity contribution in [3.8, 4) is 11.5 Å². The van der Waals surface area contributed by atoms with E-state index in [2.05, 4.69) is 42.9 Å². The third kappa shape index (κ3) is 5.80. The third-order valence-electron chi connectivity index (χ3n) is 5.45. The molecule has 32 heavy (non-hydrogen) atoms. The molecule has 0 bridgehead atoms. The Kier molecular flexibility index (Phi) is 8.51. The van der Waals surface area contributed by atoms with E-state index >= 15 is 0 Å². The molecule has 1 aliphatic rings. The molecule has 3 aromatic rings. The average molecular weight is 551 g/mol. The van der Waals surface area contributed by atoms with Crippen LogP contribution in [0.2, 0.25) is 0 Å².